The lowest BCUT2D eigenvalue weighted by atomic mass is 10.1. The fourth-order valence-corrected chi connectivity index (χ4v) is 3.02. The van der Waals surface area contributed by atoms with Crippen LogP contribution >= 0.6 is 27.3 Å². The molecule has 0 saturated carbocycles. The van der Waals surface area contributed by atoms with Crippen molar-refractivity contribution in [1.82, 2.24) is 0 Å². The van der Waals surface area contributed by atoms with E-state index in [0.29, 0.717) is 0 Å². The quantitative estimate of drug-likeness (QED) is 0.834. The van der Waals surface area contributed by atoms with E-state index in [1.165, 1.54) is 10.1 Å². The Morgan fingerprint density at radius 1 is 1.36 bits per heavy atom. The minimum atomic E-state index is -0.747. The second kappa shape index (κ2) is 3.33. The number of benzene rings is 1. The third-order valence-electron chi connectivity index (χ3n) is 2.10. The van der Waals surface area contributed by atoms with Gasteiger partial charge in [0.2, 0.25) is 0 Å². The number of thiophene rings is 1. The van der Waals surface area contributed by atoms with Gasteiger partial charge in [-0.25, -0.2) is 0 Å². The van der Waals surface area contributed by atoms with Crippen LogP contribution in [0.2, 0.25) is 0 Å². The van der Waals surface area contributed by atoms with Crippen molar-refractivity contribution in [1.29, 1.82) is 0 Å². The first-order chi connectivity index (χ1) is 6.48. The second-order valence-electron chi connectivity index (χ2n) is 3.83. The van der Waals surface area contributed by atoms with Crippen molar-refractivity contribution in [3.05, 3.63) is 33.6 Å². The molecule has 1 heterocycles. The van der Waals surface area contributed by atoms with Gasteiger partial charge in [-0.15, -0.1) is 11.3 Å². The summed E-state index contributed by atoms with van der Waals surface area (Å²) in [7, 11) is 0. The van der Waals surface area contributed by atoms with Crippen molar-refractivity contribution in [2.24, 2.45) is 0 Å². The molecule has 0 atom stereocenters. The largest absolute Gasteiger partial charge is 0.385 e. The Labute approximate surface area is 95.5 Å². The number of rotatable bonds is 1. The van der Waals surface area contributed by atoms with Gasteiger partial charge in [0.1, 0.15) is 0 Å². The van der Waals surface area contributed by atoms with Crippen molar-refractivity contribution in [2.75, 3.05) is 0 Å². The maximum Gasteiger partial charge on any atom is 0.0932 e. The summed E-state index contributed by atoms with van der Waals surface area (Å²) in [5, 5.41) is 11.1. The molecular weight excluding hydrogens is 260 g/mol. The van der Waals surface area contributed by atoms with E-state index in [9.17, 15) is 5.11 Å². The van der Waals surface area contributed by atoms with E-state index >= 15 is 0 Å². The highest BCUT2D eigenvalue weighted by Gasteiger charge is 2.19. The highest BCUT2D eigenvalue weighted by Crippen LogP contribution is 2.36. The van der Waals surface area contributed by atoms with Gasteiger partial charge in [-0.1, -0.05) is 12.1 Å². The molecule has 2 rings (SSSR count). The minimum Gasteiger partial charge on any atom is -0.385 e. The van der Waals surface area contributed by atoms with Gasteiger partial charge in [-0.3, -0.25) is 0 Å². The standard InChI is InChI=1S/C11H11BrOS/c1-11(2,13)9-6-7-4-3-5-8(12)10(7)14-9/h3-6,13H,1-2H3. The summed E-state index contributed by atoms with van der Waals surface area (Å²) in [6.07, 6.45) is 0. The van der Waals surface area contributed by atoms with E-state index in [1.54, 1.807) is 11.3 Å². The summed E-state index contributed by atoms with van der Waals surface area (Å²) in [5.41, 5.74) is -0.747. The molecule has 0 aliphatic carbocycles. The van der Waals surface area contributed by atoms with Gasteiger partial charge >= 0.3 is 0 Å². The van der Waals surface area contributed by atoms with E-state index in [4.69, 9.17) is 0 Å². The molecule has 14 heavy (non-hydrogen) atoms. The van der Waals surface area contributed by atoms with Gasteiger partial charge in [0, 0.05) is 14.0 Å². The smallest absolute Gasteiger partial charge is 0.0932 e. The molecule has 0 bridgehead atoms. The van der Waals surface area contributed by atoms with Gasteiger partial charge in [0.15, 0.2) is 0 Å². The SMILES string of the molecule is CC(C)(O)c1cc2cccc(Br)c2s1. The second-order valence-corrected chi connectivity index (χ2v) is 5.73. The molecule has 0 unspecified atom stereocenters. The van der Waals surface area contributed by atoms with E-state index in [0.717, 1.165) is 9.35 Å². The Morgan fingerprint density at radius 2 is 2.07 bits per heavy atom. The zero-order valence-electron chi connectivity index (χ0n) is 8.04. The molecule has 0 spiro atoms. The van der Waals surface area contributed by atoms with E-state index in [-0.39, 0.29) is 0 Å². The number of halogens is 1. The van der Waals surface area contributed by atoms with Crippen LogP contribution in [0.15, 0.2) is 28.7 Å². The molecule has 0 aliphatic heterocycles. The summed E-state index contributed by atoms with van der Waals surface area (Å²) in [6, 6.07) is 8.14. The van der Waals surface area contributed by atoms with Gasteiger partial charge in [-0.2, -0.15) is 0 Å². The van der Waals surface area contributed by atoms with Crippen LogP contribution in [-0.2, 0) is 5.60 Å². The minimum absolute atomic E-state index is 0.747. The molecule has 1 aromatic carbocycles. The number of aliphatic hydroxyl groups is 1. The monoisotopic (exact) mass is 270 g/mol. The first-order valence-electron chi connectivity index (χ1n) is 4.39. The first kappa shape index (κ1) is 10.1. The Bertz CT molecular complexity index is 468. The van der Waals surface area contributed by atoms with Crippen molar-refractivity contribution >= 4 is 37.4 Å². The Kier molecular flexibility index (Phi) is 2.41. The van der Waals surface area contributed by atoms with Crippen LogP contribution in [0.3, 0.4) is 0 Å². The van der Waals surface area contributed by atoms with Crippen molar-refractivity contribution in [3.8, 4) is 0 Å². The van der Waals surface area contributed by atoms with Gasteiger partial charge in [0.25, 0.3) is 0 Å². The summed E-state index contributed by atoms with van der Waals surface area (Å²) < 4.78 is 2.29. The maximum atomic E-state index is 9.88. The zero-order chi connectivity index (χ0) is 10.3. The predicted octanol–water partition coefficient (Wildman–Crippen LogP) is 3.89. The average Bonchev–Trinajstić information content (AvgIpc) is 2.48. The van der Waals surface area contributed by atoms with Crippen LogP contribution in [0.5, 0.6) is 0 Å². The number of hydrogen-bond acceptors (Lipinski definition) is 2. The lowest BCUT2D eigenvalue weighted by molar-refractivity contribution is 0.0826. The van der Waals surface area contributed by atoms with E-state index in [2.05, 4.69) is 22.0 Å². The Balaban J connectivity index is 2.69. The fraction of sp³-hybridized carbons (Fsp3) is 0.273. The highest BCUT2D eigenvalue weighted by atomic mass is 79.9. The molecule has 74 valence electrons. The molecule has 1 N–H and O–H groups in total. The van der Waals surface area contributed by atoms with Crippen LogP contribution in [0.1, 0.15) is 18.7 Å². The van der Waals surface area contributed by atoms with E-state index < -0.39 is 5.60 Å². The van der Waals surface area contributed by atoms with Crippen molar-refractivity contribution in [2.45, 2.75) is 19.4 Å². The van der Waals surface area contributed by atoms with Crippen LogP contribution in [-0.4, -0.2) is 5.11 Å². The first-order valence-corrected chi connectivity index (χ1v) is 6.00. The third-order valence-corrected chi connectivity index (χ3v) is 4.52. The lowest BCUT2D eigenvalue weighted by Gasteiger charge is -2.13. The predicted molar refractivity (Wildman–Crippen MR) is 64.8 cm³/mol. The molecule has 0 radical (unpaired) electrons. The Hall–Kier alpha value is -0.380. The summed E-state index contributed by atoms with van der Waals surface area (Å²) in [6.45, 7) is 3.62. The normalized spacial score (nSPS) is 12.3. The van der Waals surface area contributed by atoms with Gasteiger partial charge in [0.05, 0.1) is 5.60 Å². The highest BCUT2D eigenvalue weighted by molar-refractivity contribution is 9.10. The van der Waals surface area contributed by atoms with Crippen LogP contribution < -0.4 is 0 Å². The van der Waals surface area contributed by atoms with Crippen LogP contribution in [0.4, 0.5) is 0 Å². The fourth-order valence-electron chi connectivity index (χ4n) is 1.33. The average molecular weight is 271 g/mol. The molecular formula is C11H11BrOS. The molecule has 1 aromatic heterocycles. The molecule has 0 aliphatic rings. The summed E-state index contributed by atoms with van der Waals surface area (Å²) >= 11 is 5.14. The van der Waals surface area contributed by atoms with Gasteiger partial charge in [-0.05, 0) is 47.3 Å². The topological polar surface area (TPSA) is 20.2 Å². The van der Waals surface area contributed by atoms with Crippen LogP contribution in [0.25, 0.3) is 10.1 Å². The van der Waals surface area contributed by atoms with Crippen LogP contribution in [0, 0.1) is 0 Å². The molecule has 0 saturated heterocycles. The van der Waals surface area contributed by atoms with Gasteiger partial charge < -0.3 is 5.11 Å². The molecule has 0 fully saturated rings. The lowest BCUT2D eigenvalue weighted by Crippen LogP contribution is -2.12. The Morgan fingerprint density at radius 3 is 2.64 bits per heavy atom. The zero-order valence-corrected chi connectivity index (χ0v) is 10.4. The molecule has 1 nitrogen and oxygen atoms in total. The number of fused-ring (bicyclic) bond motifs is 1. The van der Waals surface area contributed by atoms with E-state index in [1.807, 2.05) is 32.0 Å². The number of hydrogen-bond donors (Lipinski definition) is 1. The summed E-state index contributed by atoms with van der Waals surface area (Å²) in [4.78, 5) is 0.999. The molecule has 3 heteroatoms. The maximum absolute atomic E-state index is 9.88. The molecule has 2 aromatic rings. The molecule has 0 amide bonds. The van der Waals surface area contributed by atoms with Crippen molar-refractivity contribution < 1.29 is 5.11 Å². The van der Waals surface area contributed by atoms with Crippen molar-refractivity contribution in [3.63, 3.8) is 0 Å². The third kappa shape index (κ3) is 1.72. The summed E-state index contributed by atoms with van der Waals surface area (Å²) in [5.74, 6) is 0.